The second-order valence-corrected chi connectivity index (χ2v) is 5.31. The summed E-state index contributed by atoms with van der Waals surface area (Å²) in [5, 5.41) is 10.9. The molecule has 0 aliphatic carbocycles. The van der Waals surface area contributed by atoms with E-state index in [9.17, 15) is 0 Å². The van der Waals surface area contributed by atoms with Crippen molar-refractivity contribution in [2.45, 2.75) is 6.92 Å². The Labute approximate surface area is 120 Å². The average molecular weight is 298 g/mol. The van der Waals surface area contributed by atoms with Crippen molar-refractivity contribution in [2.75, 3.05) is 16.4 Å². The molecule has 4 N–H and O–H groups in total. The van der Waals surface area contributed by atoms with Gasteiger partial charge in [-0.1, -0.05) is 23.7 Å². The van der Waals surface area contributed by atoms with Gasteiger partial charge in [-0.25, -0.2) is 0 Å². The molecule has 1 heterocycles. The highest BCUT2D eigenvalue weighted by Crippen LogP contribution is 2.27. The second kappa shape index (κ2) is 5.56. The van der Waals surface area contributed by atoms with Gasteiger partial charge in [0.05, 0.1) is 22.1 Å². The average Bonchev–Trinajstić information content (AvgIpc) is 2.71. The minimum absolute atomic E-state index is 0.465. The zero-order valence-electron chi connectivity index (χ0n) is 9.66. The third-order valence-corrected chi connectivity index (χ3v) is 3.83. The smallest absolute Gasteiger partial charge is 0.175 e. The van der Waals surface area contributed by atoms with E-state index in [1.807, 2.05) is 35.9 Å². The van der Waals surface area contributed by atoms with Gasteiger partial charge in [-0.2, -0.15) is 0 Å². The van der Waals surface area contributed by atoms with Gasteiger partial charge in [0.15, 0.2) is 5.11 Å². The van der Waals surface area contributed by atoms with Crippen LogP contribution in [0.3, 0.4) is 0 Å². The molecule has 0 bridgehead atoms. The maximum absolute atomic E-state index is 5.98. The molecule has 0 aliphatic rings. The van der Waals surface area contributed by atoms with Crippen molar-refractivity contribution in [2.24, 2.45) is 0 Å². The Morgan fingerprint density at radius 3 is 2.67 bits per heavy atom. The van der Waals surface area contributed by atoms with E-state index in [0.717, 1.165) is 16.9 Å². The number of halogens is 1. The molecule has 0 aliphatic heterocycles. The Morgan fingerprint density at radius 2 is 2.00 bits per heavy atom. The number of nitrogen functional groups attached to an aromatic ring is 1. The fourth-order valence-electron chi connectivity index (χ4n) is 1.44. The predicted molar refractivity (Wildman–Crippen MR) is 84.8 cm³/mol. The number of hydrogen-bond donors (Lipinski definition) is 3. The summed E-state index contributed by atoms with van der Waals surface area (Å²) in [6, 6.07) is 5.76. The van der Waals surface area contributed by atoms with Crippen LogP contribution in [-0.4, -0.2) is 5.11 Å². The van der Waals surface area contributed by atoms with E-state index >= 15 is 0 Å². The van der Waals surface area contributed by atoms with Crippen LogP contribution in [0.15, 0.2) is 29.0 Å². The number of hydrogen-bond acceptors (Lipinski definition) is 3. The van der Waals surface area contributed by atoms with Crippen LogP contribution in [0.1, 0.15) is 5.56 Å². The Morgan fingerprint density at radius 1 is 1.28 bits per heavy atom. The van der Waals surface area contributed by atoms with Crippen molar-refractivity contribution in [3.8, 4) is 0 Å². The first-order valence-electron chi connectivity index (χ1n) is 5.22. The van der Waals surface area contributed by atoms with Gasteiger partial charge in [0.1, 0.15) is 0 Å². The molecular weight excluding hydrogens is 286 g/mol. The number of aryl methyl sites for hydroxylation is 1. The summed E-state index contributed by atoms with van der Waals surface area (Å²) >= 11 is 12.7. The largest absolute Gasteiger partial charge is 0.397 e. The topological polar surface area (TPSA) is 50.1 Å². The van der Waals surface area contributed by atoms with E-state index in [-0.39, 0.29) is 0 Å². The molecule has 2 aromatic rings. The fourth-order valence-corrected chi connectivity index (χ4v) is 2.61. The lowest BCUT2D eigenvalue weighted by atomic mass is 10.2. The Balaban J connectivity index is 2.08. The van der Waals surface area contributed by atoms with Gasteiger partial charge in [0.25, 0.3) is 0 Å². The van der Waals surface area contributed by atoms with Crippen LogP contribution in [0.2, 0.25) is 5.02 Å². The van der Waals surface area contributed by atoms with Gasteiger partial charge >= 0.3 is 0 Å². The molecule has 1 aromatic carbocycles. The van der Waals surface area contributed by atoms with Gasteiger partial charge in [0, 0.05) is 10.8 Å². The van der Waals surface area contributed by atoms with Crippen LogP contribution in [0.5, 0.6) is 0 Å². The molecule has 0 fully saturated rings. The molecule has 6 heteroatoms. The van der Waals surface area contributed by atoms with E-state index in [2.05, 4.69) is 10.6 Å². The molecule has 0 unspecified atom stereocenters. The Kier molecular flexibility index (Phi) is 4.06. The summed E-state index contributed by atoms with van der Waals surface area (Å²) in [5.74, 6) is 0. The SMILES string of the molecule is Cc1cccc(NC(=S)Nc2cscc2Cl)c1N. The lowest BCUT2D eigenvalue weighted by Crippen LogP contribution is -2.19. The second-order valence-electron chi connectivity index (χ2n) is 3.75. The molecule has 94 valence electrons. The lowest BCUT2D eigenvalue weighted by molar-refractivity contribution is 1.46. The van der Waals surface area contributed by atoms with Gasteiger partial charge in [-0.15, -0.1) is 11.3 Å². The maximum atomic E-state index is 5.98. The summed E-state index contributed by atoms with van der Waals surface area (Å²) in [5.41, 5.74) is 9.25. The van der Waals surface area contributed by atoms with Crippen LogP contribution < -0.4 is 16.4 Å². The number of nitrogens with two attached hydrogens (primary N) is 1. The first kappa shape index (κ1) is 13.1. The van der Waals surface area contributed by atoms with Gasteiger partial charge in [-0.05, 0) is 30.8 Å². The molecule has 0 saturated carbocycles. The zero-order chi connectivity index (χ0) is 13.1. The molecule has 18 heavy (non-hydrogen) atoms. The molecule has 0 saturated heterocycles. The maximum Gasteiger partial charge on any atom is 0.175 e. The van der Waals surface area contributed by atoms with Crippen LogP contribution in [-0.2, 0) is 0 Å². The molecule has 0 amide bonds. The number of rotatable bonds is 2. The van der Waals surface area contributed by atoms with E-state index in [0.29, 0.717) is 15.8 Å². The number of para-hydroxylation sites is 1. The van der Waals surface area contributed by atoms with Crippen LogP contribution in [0, 0.1) is 6.92 Å². The summed E-state index contributed by atoms with van der Waals surface area (Å²) in [6.45, 7) is 1.95. The first-order chi connectivity index (χ1) is 8.58. The van der Waals surface area contributed by atoms with E-state index in [4.69, 9.17) is 29.6 Å². The predicted octanol–water partition coefficient (Wildman–Crippen LogP) is 4.10. The molecule has 0 atom stereocenters. The van der Waals surface area contributed by atoms with Crippen molar-refractivity contribution in [3.05, 3.63) is 39.5 Å². The molecule has 0 spiro atoms. The van der Waals surface area contributed by atoms with Crippen LogP contribution in [0.25, 0.3) is 0 Å². The van der Waals surface area contributed by atoms with E-state index < -0.39 is 0 Å². The number of anilines is 3. The first-order valence-corrected chi connectivity index (χ1v) is 6.95. The normalized spacial score (nSPS) is 10.1. The molecule has 3 nitrogen and oxygen atoms in total. The summed E-state index contributed by atoms with van der Waals surface area (Å²) in [4.78, 5) is 0. The molecule has 0 radical (unpaired) electrons. The van der Waals surface area contributed by atoms with Gasteiger partial charge in [0.2, 0.25) is 0 Å². The zero-order valence-corrected chi connectivity index (χ0v) is 12.0. The third kappa shape index (κ3) is 2.93. The van der Waals surface area contributed by atoms with Crippen molar-refractivity contribution < 1.29 is 0 Å². The molecular formula is C12H12ClN3S2. The number of nitrogens with one attached hydrogen (secondary N) is 2. The standard InChI is InChI=1S/C12H12ClN3S2/c1-7-3-2-4-9(11(7)14)15-12(17)16-10-6-18-5-8(10)13/h2-6H,14H2,1H3,(H2,15,16,17). The minimum atomic E-state index is 0.465. The quantitative estimate of drug-likeness (QED) is 0.577. The van der Waals surface area contributed by atoms with Crippen LogP contribution in [0.4, 0.5) is 17.1 Å². The summed E-state index contributed by atoms with van der Waals surface area (Å²) < 4.78 is 0. The summed E-state index contributed by atoms with van der Waals surface area (Å²) in [6.07, 6.45) is 0. The molecule has 1 aromatic heterocycles. The lowest BCUT2D eigenvalue weighted by Gasteiger charge is -2.13. The highest BCUT2D eigenvalue weighted by Gasteiger charge is 2.06. The minimum Gasteiger partial charge on any atom is -0.397 e. The van der Waals surface area contributed by atoms with E-state index in [1.165, 1.54) is 11.3 Å². The highest BCUT2D eigenvalue weighted by atomic mass is 35.5. The number of thiocarbonyl (C=S) groups is 1. The third-order valence-electron chi connectivity index (χ3n) is 2.44. The van der Waals surface area contributed by atoms with Crippen molar-refractivity contribution in [3.63, 3.8) is 0 Å². The van der Waals surface area contributed by atoms with Crippen molar-refractivity contribution in [1.29, 1.82) is 0 Å². The van der Waals surface area contributed by atoms with Gasteiger partial charge < -0.3 is 16.4 Å². The monoisotopic (exact) mass is 297 g/mol. The Hall–Kier alpha value is -1.30. The van der Waals surface area contributed by atoms with Crippen molar-refractivity contribution in [1.82, 2.24) is 0 Å². The van der Waals surface area contributed by atoms with E-state index in [1.54, 1.807) is 0 Å². The highest BCUT2D eigenvalue weighted by molar-refractivity contribution is 7.80. The fraction of sp³-hybridized carbons (Fsp3) is 0.0833. The Bertz CT molecular complexity index is 580. The number of thiophene rings is 1. The van der Waals surface area contributed by atoms with Gasteiger partial charge in [-0.3, -0.25) is 0 Å². The molecule has 2 rings (SSSR count). The van der Waals surface area contributed by atoms with Crippen LogP contribution >= 0.6 is 35.2 Å². The van der Waals surface area contributed by atoms with Crippen molar-refractivity contribution >= 4 is 57.3 Å². The number of benzene rings is 1. The summed E-state index contributed by atoms with van der Waals surface area (Å²) in [7, 11) is 0.